The summed E-state index contributed by atoms with van der Waals surface area (Å²) in [7, 11) is 0. The molecule has 0 aliphatic rings. The predicted octanol–water partition coefficient (Wildman–Crippen LogP) is 4.11. The first-order valence-electron chi connectivity index (χ1n) is 7.91. The molecule has 0 fully saturated rings. The number of rotatable bonds is 4. The van der Waals surface area contributed by atoms with Gasteiger partial charge in [-0.25, -0.2) is 0 Å². The molecule has 4 rings (SSSR count). The average Bonchev–Trinajstić information content (AvgIpc) is 3.20. The molecule has 3 aromatic heterocycles. The van der Waals surface area contributed by atoms with Gasteiger partial charge in [0, 0.05) is 33.6 Å². The molecule has 0 radical (unpaired) electrons. The summed E-state index contributed by atoms with van der Waals surface area (Å²) in [6, 6.07) is 13.6. The third-order valence-electron chi connectivity index (χ3n) is 3.85. The normalized spacial score (nSPS) is 10.9. The number of hydrogen-bond donors (Lipinski definition) is 1. The van der Waals surface area contributed by atoms with Gasteiger partial charge >= 0.3 is 0 Å². The van der Waals surface area contributed by atoms with Crippen LogP contribution < -0.4 is 5.32 Å². The third-order valence-corrected chi connectivity index (χ3v) is 4.71. The molecule has 25 heavy (non-hydrogen) atoms. The van der Waals surface area contributed by atoms with Crippen LogP contribution in [0.2, 0.25) is 0 Å². The molecular formula is C19H16N4OS. The van der Waals surface area contributed by atoms with Crippen molar-refractivity contribution in [2.75, 3.05) is 5.32 Å². The van der Waals surface area contributed by atoms with Crippen molar-refractivity contribution in [3.63, 3.8) is 0 Å². The first kappa shape index (κ1) is 15.5. The van der Waals surface area contributed by atoms with E-state index in [1.165, 1.54) is 4.88 Å². The van der Waals surface area contributed by atoms with Crippen molar-refractivity contribution in [2.45, 2.75) is 13.5 Å². The van der Waals surface area contributed by atoms with Gasteiger partial charge in [0.05, 0.1) is 16.9 Å². The maximum Gasteiger partial charge on any atom is 0.246 e. The lowest BCUT2D eigenvalue weighted by Gasteiger charge is -2.09. The van der Waals surface area contributed by atoms with Crippen LogP contribution in [-0.2, 0) is 11.3 Å². The number of amides is 1. The number of aryl methyl sites for hydroxylation is 1. The van der Waals surface area contributed by atoms with Crippen LogP contribution in [0.25, 0.3) is 22.2 Å². The molecule has 6 heteroatoms. The zero-order valence-corrected chi connectivity index (χ0v) is 14.5. The minimum atomic E-state index is -0.131. The number of hydrogen-bond acceptors (Lipinski definition) is 4. The maximum absolute atomic E-state index is 12.5. The minimum absolute atomic E-state index is 0.131. The summed E-state index contributed by atoms with van der Waals surface area (Å²) in [6.07, 6.45) is 3.61. The van der Waals surface area contributed by atoms with Gasteiger partial charge in [-0.2, -0.15) is 5.10 Å². The molecular weight excluding hydrogens is 332 g/mol. The molecule has 0 unspecified atom stereocenters. The highest BCUT2D eigenvalue weighted by Crippen LogP contribution is 2.29. The smallest absolute Gasteiger partial charge is 0.246 e. The molecule has 0 aliphatic heterocycles. The number of fused-ring (bicyclic) bond motifs is 1. The molecule has 5 nitrogen and oxygen atoms in total. The first-order chi connectivity index (χ1) is 12.2. The molecule has 1 N–H and O–H groups in total. The van der Waals surface area contributed by atoms with Crippen molar-refractivity contribution in [1.29, 1.82) is 0 Å². The van der Waals surface area contributed by atoms with E-state index in [1.807, 2.05) is 48.0 Å². The lowest BCUT2D eigenvalue weighted by atomic mass is 10.2. The van der Waals surface area contributed by atoms with Gasteiger partial charge in [0.15, 0.2) is 0 Å². The van der Waals surface area contributed by atoms with Gasteiger partial charge in [-0.3, -0.25) is 14.5 Å². The molecule has 0 aliphatic carbocycles. The minimum Gasteiger partial charge on any atom is -0.323 e. The van der Waals surface area contributed by atoms with Crippen molar-refractivity contribution in [3.05, 3.63) is 65.1 Å². The van der Waals surface area contributed by atoms with Crippen LogP contribution >= 0.6 is 11.3 Å². The molecule has 4 aromatic rings. The van der Waals surface area contributed by atoms with Crippen molar-refractivity contribution >= 4 is 33.8 Å². The highest BCUT2D eigenvalue weighted by molar-refractivity contribution is 7.10. The number of nitrogens with zero attached hydrogens (tertiary/aromatic N) is 3. The summed E-state index contributed by atoms with van der Waals surface area (Å²) in [5.41, 5.74) is 3.39. The lowest BCUT2D eigenvalue weighted by Crippen LogP contribution is -2.19. The molecule has 0 saturated heterocycles. The summed E-state index contributed by atoms with van der Waals surface area (Å²) in [5.74, 6) is -0.131. The monoisotopic (exact) mass is 348 g/mol. The Bertz CT molecular complexity index is 1020. The fraction of sp³-hybridized carbons (Fsp3) is 0.105. The Labute approximate surface area is 149 Å². The fourth-order valence-corrected chi connectivity index (χ4v) is 3.42. The van der Waals surface area contributed by atoms with E-state index in [-0.39, 0.29) is 12.5 Å². The zero-order valence-electron chi connectivity index (χ0n) is 13.6. The number of nitrogens with one attached hydrogen (secondary N) is 1. The number of anilines is 1. The van der Waals surface area contributed by atoms with Crippen molar-refractivity contribution in [2.24, 2.45) is 0 Å². The molecule has 124 valence electrons. The van der Waals surface area contributed by atoms with Gasteiger partial charge in [0.1, 0.15) is 6.54 Å². The van der Waals surface area contributed by atoms with Gasteiger partial charge in [0.25, 0.3) is 0 Å². The van der Waals surface area contributed by atoms with Crippen molar-refractivity contribution < 1.29 is 4.79 Å². The molecule has 1 amide bonds. The van der Waals surface area contributed by atoms with Crippen LogP contribution in [0.15, 0.2) is 60.2 Å². The first-order valence-corrected chi connectivity index (χ1v) is 8.79. The summed E-state index contributed by atoms with van der Waals surface area (Å²) in [6.45, 7) is 2.21. The fourth-order valence-electron chi connectivity index (χ4n) is 2.74. The van der Waals surface area contributed by atoms with E-state index in [2.05, 4.69) is 28.4 Å². The van der Waals surface area contributed by atoms with Gasteiger partial charge in [-0.15, -0.1) is 11.3 Å². The number of carbonyl (C=O) groups is 1. The number of thiophene rings is 1. The molecule has 1 aromatic carbocycles. The zero-order chi connectivity index (χ0) is 17.2. The molecule has 0 bridgehead atoms. The quantitative estimate of drug-likeness (QED) is 0.604. The van der Waals surface area contributed by atoms with E-state index in [1.54, 1.807) is 22.2 Å². The van der Waals surface area contributed by atoms with E-state index < -0.39 is 0 Å². The Kier molecular flexibility index (Phi) is 4.03. The van der Waals surface area contributed by atoms with Crippen LogP contribution in [0.4, 0.5) is 5.69 Å². The Balaban J connectivity index is 1.55. The van der Waals surface area contributed by atoms with E-state index in [0.717, 1.165) is 22.2 Å². The topological polar surface area (TPSA) is 59.8 Å². The number of pyridine rings is 1. The predicted molar refractivity (Wildman–Crippen MR) is 101 cm³/mol. The number of aromatic nitrogens is 3. The Morgan fingerprint density at radius 3 is 2.92 bits per heavy atom. The Morgan fingerprint density at radius 1 is 1.24 bits per heavy atom. The van der Waals surface area contributed by atoms with Crippen LogP contribution in [0.3, 0.4) is 0 Å². The summed E-state index contributed by atoms with van der Waals surface area (Å²) >= 11 is 1.67. The Hall–Kier alpha value is -2.99. The number of benzene rings is 1. The summed E-state index contributed by atoms with van der Waals surface area (Å²) < 4.78 is 1.66. The van der Waals surface area contributed by atoms with Gasteiger partial charge in [0.2, 0.25) is 5.91 Å². The standard InChI is InChI=1S/C19H16N4OS/c1-13-9-15(12-25-13)19-17(7-4-8-20-19)21-18(24)11-23-10-14-5-2-3-6-16(14)22-23/h2-10,12H,11H2,1H3,(H,21,24). The van der Waals surface area contributed by atoms with Crippen LogP contribution in [0.1, 0.15) is 4.88 Å². The van der Waals surface area contributed by atoms with Crippen LogP contribution in [-0.4, -0.2) is 20.7 Å². The molecule has 0 saturated carbocycles. The maximum atomic E-state index is 12.5. The highest BCUT2D eigenvalue weighted by atomic mass is 32.1. The van der Waals surface area contributed by atoms with E-state index >= 15 is 0 Å². The molecule has 0 atom stereocenters. The van der Waals surface area contributed by atoms with E-state index in [4.69, 9.17) is 0 Å². The van der Waals surface area contributed by atoms with E-state index in [0.29, 0.717) is 5.69 Å². The second kappa shape index (κ2) is 6.49. The SMILES string of the molecule is Cc1cc(-c2ncccc2NC(=O)Cn2cc3ccccc3n2)cs1. The highest BCUT2D eigenvalue weighted by Gasteiger charge is 2.12. The van der Waals surface area contributed by atoms with Crippen LogP contribution in [0.5, 0.6) is 0 Å². The number of carbonyl (C=O) groups excluding carboxylic acids is 1. The third kappa shape index (κ3) is 3.29. The van der Waals surface area contributed by atoms with Gasteiger partial charge in [-0.1, -0.05) is 18.2 Å². The van der Waals surface area contributed by atoms with E-state index in [9.17, 15) is 4.79 Å². The summed E-state index contributed by atoms with van der Waals surface area (Å²) in [4.78, 5) is 18.1. The Morgan fingerprint density at radius 2 is 2.12 bits per heavy atom. The second-order valence-electron chi connectivity index (χ2n) is 5.78. The second-order valence-corrected chi connectivity index (χ2v) is 6.89. The summed E-state index contributed by atoms with van der Waals surface area (Å²) in [5, 5.41) is 10.4. The van der Waals surface area contributed by atoms with Gasteiger partial charge < -0.3 is 5.32 Å². The average molecular weight is 348 g/mol. The largest absolute Gasteiger partial charge is 0.323 e. The molecule has 3 heterocycles. The van der Waals surface area contributed by atoms with Gasteiger partial charge in [-0.05, 0) is 31.2 Å². The van der Waals surface area contributed by atoms with Crippen molar-refractivity contribution in [1.82, 2.24) is 14.8 Å². The molecule has 0 spiro atoms. The van der Waals surface area contributed by atoms with Crippen LogP contribution in [0, 0.1) is 6.92 Å². The lowest BCUT2D eigenvalue weighted by molar-refractivity contribution is -0.116. The van der Waals surface area contributed by atoms with Crippen molar-refractivity contribution in [3.8, 4) is 11.3 Å².